The summed E-state index contributed by atoms with van der Waals surface area (Å²) < 4.78 is 12.9. The number of benzene rings is 1. The first-order chi connectivity index (χ1) is 13.2. The van der Waals surface area contributed by atoms with E-state index in [0.717, 1.165) is 18.8 Å². The van der Waals surface area contributed by atoms with Gasteiger partial charge in [0.15, 0.2) is 0 Å². The van der Waals surface area contributed by atoms with E-state index >= 15 is 0 Å². The van der Waals surface area contributed by atoms with Gasteiger partial charge in [0.05, 0.1) is 11.7 Å². The SMILES string of the molecule is C[C@H](CNC(=O)[C@@H](C)Cc1ccccc1)B1OC2CC3CC(C3(C)C)[C@@]2(C)O1. The highest BCUT2D eigenvalue weighted by Crippen LogP contribution is 2.66. The first-order valence-corrected chi connectivity index (χ1v) is 10.9. The van der Waals surface area contributed by atoms with Gasteiger partial charge in [-0.05, 0) is 49.0 Å². The standard InChI is InChI=1S/C23H34BNO3/c1-15(11-17-9-7-6-8-10-17)21(26)25-14-16(2)24-27-20-13-18-12-19(22(18,3)4)23(20,5)28-24/h6-10,15-16,18-20H,11-14H2,1-5H3,(H,25,26)/t15-,16+,18?,19?,20?,23+/m0/s1. The molecule has 1 aliphatic heterocycles. The lowest BCUT2D eigenvalue weighted by atomic mass is 9.43. The molecule has 4 aliphatic rings. The molecule has 4 nitrogen and oxygen atoms in total. The van der Waals surface area contributed by atoms with E-state index in [1.165, 1.54) is 12.0 Å². The van der Waals surface area contributed by atoms with Crippen LogP contribution in [0.25, 0.3) is 0 Å². The van der Waals surface area contributed by atoms with Crippen LogP contribution in [-0.2, 0) is 20.5 Å². The van der Waals surface area contributed by atoms with E-state index in [2.05, 4.69) is 45.1 Å². The first-order valence-electron chi connectivity index (χ1n) is 10.9. The highest BCUT2D eigenvalue weighted by molar-refractivity contribution is 6.47. The number of hydrogen-bond donors (Lipinski definition) is 1. The number of carbonyl (C=O) groups excluding carboxylic acids is 1. The maximum absolute atomic E-state index is 12.5. The molecular weight excluding hydrogens is 349 g/mol. The largest absolute Gasteiger partial charge is 0.462 e. The lowest BCUT2D eigenvalue weighted by molar-refractivity contribution is -0.199. The molecule has 1 aromatic carbocycles. The van der Waals surface area contributed by atoms with Gasteiger partial charge in [0.25, 0.3) is 0 Å². The molecule has 152 valence electrons. The van der Waals surface area contributed by atoms with Crippen LogP contribution in [0.4, 0.5) is 0 Å². The van der Waals surface area contributed by atoms with Gasteiger partial charge in [-0.2, -0.15) is 0 Å². The molecule has 1 saturated heterocycles. The monoisotopic (exact) mass is 383 g/mol. The van der Waals surface area contributed by atoms with E-state index in [1.54, 1.807) is 0 Å². The van der Waals surface area contributed by atoms with Gasteiger partial charge in [0.1, 0.15) is 0 Å². The molecule has 1 heterocycles. The summed E-state index contributed by atoms with van der Waals surface area (Å²) in [5.74, 6) is 1.51. The van der Waals surface area contributed by atoms with Crippen LogP contribution in [-0.4, -0.2) is 31.3 Å². The van der Waals surface area contributed by atoms with Gasteiger partial charge in [-0.25, -0.2) is 0 Å². The molecule has 2 bridgehead atoms. The Morgan fingerprint density at radius 3 is 2.61 bits per heavy atom. The van der Waals surface area contributed by atoms with Gasteiger partial charge in [0.2, 0.25) is 5.91 Å². The van der Waals surface area contributed by atoms with Gasteiger partial charge < -0.3 is 14.6 Å². The number of rotatable bonds is 6. The summed E-state index contributed by atoms with van der Waals surface area (Å²) in [5.41, 5.74) is 1.37. The second kappa shape index (κ2) is 7.18. The van der Waals surface area contributed by atoms with Crippen LogP contribution in [0.2, 0.25) is 5.82 Å². The van der Waals surface area contributed by atoms with Crippen molar-refractivity contribution in [1.29, 1.82) is 0 Å². The molecule has 0 aromatic heterocycles. The zero-order chi connectivity index (χ0) is 20.1. The van der Waals surface area contributed by atoms with Crippen molar-refractivity contribution < 1.29 is 14.1 Å². The summed E-state index contributed by atoms with van der Waals surface area (Å²) in [5, 5.41) is 3.11. The van der Waals surface area contributed by atoms with Crippen molar-refractivity contribution in [3.8, 4) is 0 Å². The zero-order valence-corrected chi connectivity index (χ0v) is 17.9. The molecular formula is C23H34BNO3. The van der Waals surface area contributed by atoms with Crippen LogP contribution in [0, 0.1) is 23.2 Å². The van der Waals surface area contributed by atoms with E-state index in [-0.39, 0.29) is 36.5 Å². The summed E-state index contributed by atoms with van der Waals surface area (Å²) in [6.45, 7) is 11.7. The Morgan fingerprint density at radius 1 is 1.21 bits per heavy atom. The minimum Gasteiger partial charge on any atom is -0.405 e. The minimum absolute atomic E-state index is 0.0480. The highest BCUT2D eigenvalue weighted by Gasteiger charge is 2.68. The summed E-state index contributed by atoms with van der Waals surface area (Å²) in [7, 11) is -0.227. The Labute approximate surface area is 169 Å². The van der Waals surface area contributed by atoms with Crippen molar-refractivity contribution in [1.82, 2.24) is 5.32 Å². The topological polar surface area (TPSA) is 47.6 Å². The van der Waals surface area contributed by atoms with E-state index < -0.39 is 0 Å². The van der Waals surface area contributed by atoms with Crippen molar-refractivity contribution in [3.63, 3.8) is 0 Å². The molecule has 1 amide bonds. The van der Waals surface area contributed by atoms with Crippen LogP contribution in [0.15, 0.2) is 30.3 Å². The van der Waals surface area contributed by atoms with E-state index in [9.17, 15) is 4.79 Å². The second-order valence-corrected chi connectivity index (χ2v) is 10.2. The van der Waals surface area contributed by atoms with Gasteiger partial charge in [-0.3, -0.25) is 4.79 Å². The molecule has 0 spiro atoms. The van der Waals surface area contributed by atoms with Gasteiger partial charge in [0, 0.05) is 18.3 Å². The molecule has 4 fully saturated rings. The fraction of sp³-hybridized carbons (Fsp3) is 0.696. The summed E-state index contributed by atoms with van der Waals surface area (Å²) >= 11 is 0. The van der Waals surface area contributed by atoms with Crippen molar-refractivity contribution in [3.05, 3.63) is 35.9 Å². The lowest BCUT2D eigenvalue weighted by Crippen LogP contribution is -2.65. The van der Waals surface area contributed by atoms with E-state index in [0.29, 0.717) is 17.9 Å². The van der Waals surface area contributed by atoms with Crippen LogP contribution in [0.5, 0.6) is 0 Å². The summed E-state index contributed by atoms with van der Waals surface area (Å²) in [6.07, 6.45) is 3.32. The molecule has 3 unspecified atom stereocenters. The number of carbonyl (C=O) groups is 1. The first kappa shape index (κ1) is 20.0. The normalized spacial score (nSPS) is 34.9. The van der Waals surface area contributed by atoms with Crippen molar-refractivity contribution in [2.75, 3.05) is 6.54 Å². The number of nitrogens with one attached hydrogen (secondary N) is 1. The molecule has 28 heavy (non-hydrogen) atoms. The second-order valence-electron chi connectivity index (χ2n) is 10.2. The third kappa shape index (κ3) is 3.31. The maximum atomic E-state index is 12.5. The van der Waals surface area contributed by atoms with Gasteiger partial charge >= 0.3 is 7.12 Å². The Hall–Kier alpha value is -1.33. The number of hydrogen-bond acceptors (Lipinski definition) is 3. The Kier molecular flexibility index (Phi) is 5.12. The molecule has 6 atom stereocenters. The highest BCUT2D eigenvalue weighted by atomic mass is 16.7. The lowest BCUT2D eigenvalue weighted by Gasteiger charge is -2.64. The van der Waals surface area contributed by atoms with Crippen LogP contribution < -0.4 is 5.32 Å². The Bertz CT molecular complexity index is 724. The predicted octanol–water partition coefficient (Wildman–Crippen LogP) is 4.10. The van der Waals surface area contributed by atoms with Crippen molar-refractivity contribution in [2.45, 2.75) is 71.4 Å². The molecule has 3 aliphatic carbocycles. The van der Waals surface area contributed by atoms with E-state index in [4.69, 9.17) is 9.31 Å². The maximum Gasteiger partial charge on any atom is 0.462 e. The third-order valence-corrected chi connectivity index (χ3v) is 7.86. The molecule has 5 rings (SSSR count). The summed E-state index contributed by atoms with van der Waals surface area (Å²) in [4.78, 5) is 12.5. The van der Waals surface area contributed by atoms with Gasteiger partial charge in [-0.1, -0.05) is 58.0 Å². The number of amides is 1. The predicted molar refractivity (Wildman–Crippen MR) is 112 cm³/mol. The Balaban J connectivity index is 1.29. The smallest absolute Gasteiger partial charge is 0.405 e. The average molecular weight is 383 g/mol. The van der Waals surface area contributed by atoms with Gasteiger partial charge in [-0.15, -0.1) is 0 Å². The molecule has 5 heteroatoms. The fourth-order valence-corrected chi connectivity index (χ4v) is 5.74. The Morgan fingerprint density at radius 2 is 1.93 bits per heavy atom. The third-order valence-electron chi connectivity index (χ3n) is 7.86. The van der Waals surface area contributed by atoms with Crippen LogP contribution in [0.1, 0.15) is 53.0 Å². The average Bonchev–Trinajstić information content (AvgIpc) is 3.03. The zero-order valence-electron chi connectivity index (χ0n) is 17.9. The van der Waals surface area contributed by atoms with Crippen molar-refractivity contribution in [2.24, 2.45) is 23.2 Å². The fourth-order valence-electron chi connectivity index (χ4n) is 5.74. The van der Waals surface area contributed by atoms with Crippen molar-refractivity contribution >= 4 is 13.0 Å². The van der Waals surface area contributed by atoms with Crippen LogP contribution in [0.3, 0.4) is 0 Å². The quantitative estimate of drug-likeness (QED) is 0.753. The molecule has 1 aromatic rings. The van der Waals surface area contributed by atoms with Crippen LogP contribution >= 0.6 is 0 Å². The van der Waals surface area contributed by atoms with E-state index in [1.807, 2.05) is 25.1 Å². The minimum atomic E-state index is -0.227. The molecule has 0 radical (unpaired) electrons. The molecule has 3 saturated carbocycles. The summed E-state index contributed by atoms with van der Waals surface area (Å²) in [6, 6.07) is 10.2. The molecule has 1 N–H and O–H groups in total.